The Balaban J connectivity index is 1.97. The summed E-state index contributed by atoms with van der Waals surface area (Å²) in [5.74, 6) is -0.141. The van der Waals surface area contributed by atoms with Gasteiger partial charge < -0.3 is 10.4 Å². The molecule has 1 amide bonds. The van der Waals surface area contributed by atoms with Crippen LogP contribution in [0, 0.1) is 13.8 Å². The lowest BCUT2D eigenvalue weighted by Gasteiger charge is -2.12. The van der Waals surface area contributed by atoms with Gasteiger partial charge in [0.05, 0.1) is 5.69 Å². The van der Waals surface area contributed by atoms with Crippen LogP contribution in [0.5, 0.6) is 0 Å². The van der Waals surface area contributed by atoms with Crippen LogP contribution >= 0.6 is 0 Å². The van der Waals surface area contributed by atoms with Crippen molar-refractivity contribution in [1.82, 2.24) is 15.1 Å². The van der Waals surface area contributed by atoms with E-state index in [1.807, 2.05) is 11.6 Å². The van der Waals surface area contributed by atoms with E-state index >= 15 is 0 Å². The lowest BCUT2D eigenvalue weighted by molar-refractivity contribution is 0.0928. The molecule has 0 radical (unpaired) electrons. The van der Waals surface area contributed by atoms with Gasteiger partial charge in [-0.05, 0) is 58.1 Å². The van der Waals surface area contributed by atoms with Gasteiger partial charge in [0, 0.05) is 23.9 Å². The van der Waals surface area contributed by atoms with Crippen LogP contribution in [-0.2, 0) is 12.8 Å². The number of nitrogens with zero attached hydrogens (tertiary/aromatic N) is 2. The number of aryl methyl sites for hydroxylation is 2. The van der Waals surface area contributed by atoms with Crippen molar-refractivity contribution >= 4 is 5.91 Å². The van der Waals surface area contributed by atoms with Crippen molar-refractivity contribution in [3.63, 3.8) is 0 Å². The summed E-state index contributed by atoms with van der Waals surface area (Å²) in [6.45, 7) is 6.12. The van der Waals surface area contributed by atoms with Crippen molar-refractivity contribution in [3.05, 3.63) is 46.3 Å². The third-order valence-corrected chi connectivity index (χ3v) is 4.67. The average Bonchev–Trinajstić information content (AvgIpc) is 3.10. The van der Waals surface area contributed by atoms with Crippen LogP contribution in [0.15, 0.2) is 18.2 Å². The Labute approximate surface area is 142 Å². The number of nitrogens with one attached hydrogen (secondary N) is 1. The molecule has 2 N–H and O–H groups in total. The summed E-state index contributed by atoms with van der Waals surface area (Å²) in [4.78, 5) is 12.6. The van der Waals surface area contributed by atoms with E-state index in [2.05, 4.69) is 42.5 Å². The van der Waals surface area contributed by atoms with Gasteiger partial charge >= 0.3 is 0 Å². The fourth-order valence-corrected chi connectivity index (χ4v) is 3.42. The first-order valence-electron chi connectivity index (χ1n) is 8.61. The number of aromatic nitrogens is 2. The first-order chi connectivity index (χ1) is 11.5. The molecule has 1 atom stereocenters. The van der Waals surface area contributed by atoms with Crippen molar-refractivity contribution in [3.8, 4) is 5.69 Å². The van der Waals surface area contributed by atoms with E-state index in [1.165, 1.54) is 5.56 Å². The van der Waals surface area contributed by atoms with Gasteiger partial charge in [0.15, 0.2) is 5.69 Å². The Bertz CT molecular complexity index is 764. The quantitative estimate of drug-likeness (QED) is 0.886. The van der Waals surface area contributed by atoms with E-state index in [4.69, 9.17) is 5.11 Å². The number of fused-ring (bicyclic) bond motifs is 1. The maximum Gasteiger partial charge on any atom is 0.272 e. The number of rotatable bonds is 5. The lowest BCUT2D eigenvalue weighted by atomic mass is 10.1. The number of amides is 1. The van der Waals surface area contributed by atoms with Gasteiger partial charge in [-0.2, -0.15) is 5.10 Å². The smallest absolute Gasteiger partial charge is 0.272 e. The minimum Gasteiger partial charge on any atom is -0.396 e. The number of aliphatic hydroxyl groups excluding tert-OH is 1. The molecule has 5 nitrogen and oxygen atoms in total. The molecular weight excluding hydrogens is 302 g/mol. The Kier molecular flexibility index (Phi) is 4.71. The molecule has 3 rings (SSSR count). The molecule has 0 saturated heterocycles. The van der Waals surface area contributed by atoms with E-state index in [0.29, 0.717) is 12.1 Å². The summed E-state index contributed by atoms with van der Waals surface area (Å²) in [6, 6.07) is 6.23. The highest BCUT2D eigenvalue weighted by Gasteiger charge is 2.27. The highest BCUT2D eigenvalue weighted by molar-refractivity contribution is 5.94. The molecule has 1 aromatic carbocycles. The Morgan fingerprint density at radius 2 is 2.17 bits per heavy atom. The minimum atomic E-state index is -0.141. The van der Waals surface area contributed by atoms with Gasteiger partial charge in [-0.15, -0.1) is 0 Å². The molecule has 0 unspecified atom stereocenters. The Hall–Kier alpha value is -2.14. The minimum absolute atomic E-state index is 0.0641. The number of carbonyl (C=O) groups is 1. The summed E-state index contributed by atoms with van der Waals surface area (Å²) in [5.41, 5.74) is 6.18. The van der Waals surface area contributed by atoms with Gasteiger partial charge in [0.25, 0.3) is 5.91 Å². The number of hydrogen-bond donors (Lipinski definition) is 2. The van der Waals surface area contributed by atoms with Crippen molar-refractivity contribution < 1.29 is 9.90 Å². The predicted molar refractivity (Wildman–Crippen MR) is 93.7 cm³/mol. The van der Waals surface area contributed by atoms with Gasteiger partial charge in [-0.3, -0.25) is 4.79 Å². The number of benzene rings is 1. The molecule has 0 fully saturated rings. The summed E-state index contributed by atoms with van der Waals surface area (Å²) >= 11 is 0. The zero-order valence-electron chi connectivity index (χ0n) is 14.6. The highest BCUT2D eigenvalue weighted by Crippen LogP contribution is 2.29. The number of aliphatic hydroxyl groups is 1. The molecule has 0 aliphatic heterocycles. The van der Waals surface area contributed by atoms with Crippen molar-refractivity contribution in [2.45, 2.75) is 52.5 Å². The summed E-state index contributed by atoms with van der Waals surface area (Å²) < 4.78 is 1.95. The SMILES string of the molecule is Cc1ccc(-n2nc(C(=O)N[C@H](C)CCO)c3c2CCC3)c(C)c1. The van der Waals surface area contributed by atoms with Crippen LogP contribution in [-0.4, -0.2) is 33.4 Å². The normalized spacial score (nSPS) is 14.5. The highest BCUT2D eigenvalue weighted by atomic mass is 16.3. The molecule has 24 heavy (non-hydrogen) atoms. The Morgan fingerprint density at radius 3 is 2.88 bits per heavy atom. The van der Waals surface area contributed by atoms with E-state index in [1.54, 1.807) is 0 Å². The van der Waals surface area contributed by atoms with E-state index < -0.39 is 0 Å². The molecule has 1 heterocycles. The number of carbonyl (C=O) groups excluding carboxylic acids is 1. The van der Waals surface area contributed by atoms with Gasteiger partial charge in [0.1, 0.15) is 0 Å². The molecule has 0 saturated carbocycles. The molecule has 2 aromatic rings. The van der Waals surface area contributed by atoms with Gasteiger partial charge in [-0.1, -0.05) is 17.7 Å². The molecule has 1 aromatic heterocycles. The van der Waals surface area contributed by atoms with E-state index in [0.717, 1.165) is 41.8 Å². The monoisotopic (exact) mass is 327 g/mol. The Morgan fingerprint density at radius 1 is 1.38 bits per heavy atom. The predicted octanol–water partition coefficient (Wildman–Crippen LogP) is 2.48. The first-order valence-corrected chi connectivity index (χ1v) is 8.61. The topological polar surface area (TPSA) is 67.2 Å². The molecule has 5 heteroatoms. The maximum absolute atomic E-state index is 12.6. The second-order valence-electron chi connectivity index (χ2n) is 6.72. The zero-order chi connectivity index (χ0) is 17.3. The van der Waals surface area contributed by atoms with E-state index in [9.17, 15) is 4.79 Å². The standard InChI is InChI=1S/C19H25N3O2/c1-12-7-8-16(13(2)11-12)22-17-6-4-5-15(17)18(21-22)19(24)20-14(3)9-10-23/h7-8,11,14,23H,4-6,9-10H2,1-3H3,(H,20,24)/t14-/m1/s1. The molecule has 1 aliphatic carbocycles. The van der Waals surface area contributed by atoms with Crippen LogP contribution in [0.1, 0.15) is 52.6 Å². The van der Waals surface area contributed by atoms with Gasteiger partial charge in [0.2, 0.25) is 0 Å². The fourth-order valence-electron chi connectivity index (χ4n) is 3.42. The van der Waals surface area contributed by atoms with Gasteiger partial charge in [-0.25, -0.2) is 4.68 Å². The average molecular weight is 327 g/mol. The molecule has 1 aliphatic rings. The zero-order valence-corrected chi connectivity index (χ0v) is 14.6. The number of hydrogen-bond acceptors (Lipinski definition) is 3. The molecule has 0 bridgehead atoms. The third kappa shape index (κ3) is 3.08. The lowest BCUT2D eigenvalue weighted by Crippen LogP contribution is -2.34. The summed E-state index contributed by atoms with van der Waals surface area (Å²) in [5, 5.41) is 16.6. The van der Waals surface area contributed by atoms with Crippen LogP contribution < -0.4 is 5.32 Å². The van der Waals surface area contributed by atoms with Crippen LogP contribution in [0.4, 0.5) is 0 Å². The largest absolute Gasteiger partial charge is 0.396 e. The van der Waals surface area contributed by atoms with Crippen LogP contribution in [0.25, 0.3) is 5.69 Å². The van der Waals surface area contributed by atoms with Crippen molar-refractivity contribution in [2.24, 2.45) is 0 Å². The summed E-state index contributed by atoms with van der Waals surface area (Å²) in [7, 11) is 0. The molecular formula is C19H25N3O2. The van der Waals surface area contributed by atoms with E-state index in [-0.39, 0.29) is 18.6 Å². The fraction of sp³-hybridized carbons (Fsp3) is 0.474. The third-order valence-electron chi connectivity index (χ3n) is 4.67. The maximum atomic E-state index is 12.6. The van der Waals surface area contributed by atoms with Crippen LogP contribution in [0.3, 0.4) is 0 Å². The second-order valence-corrected chi connectivity index (χ2v) is 6.72. The van der Waals surface area contributed by atoms with Crippen molar-refractivity contribution in [2.75, 3.05) is 6.61 Å². The second kappa shape index (κ2) is 6.77. The summed E-state index contributed by atoms with van der Waals surface area (Å²) in [6.07, 6.45) is 3.46. The van der Waals surface area contributed by atoms with Crippen molar-refractivity contribution in [1.29, 1.82) is 0 Å². The molecule has 0 spiro atoms. The first kappa shape index (κ1) is 16.7. The van der Waals surface area contributed by atoms with Crippen LogP contribution in [0.2, 0.25) is 0 Å². The molecule has 128 valence electrons.